The maximum Gasteiger partial charge on any atom is 0.335 e. The van der Waals surface area contributed by atoms with Gasteiger partial charge in [0.25, 0.3) is 0 Å². The van der Waals surface area contributed by atoms with Crippen LogP contribution in [0.15, 0.2) is 24.3 Å². The normalized spacial score (nSPS) is 7.83. The molecule has 0 unspecified atom stereocenters. The number of nitrogens with one attached hydrogen (secondary N) is 1. The van der Waals surface area contributed by atoms with Crippen molar-refractivity contribution in [3.05, 3.63) is 29.8 Å². The molecule has 0 aliphatic rings. The van der Waals surface area contributed by atoms with Crippen LogP contribution in [0.2, 0.25) is 0 Å². The van der Waals surface area contributed by atoms with Gasteiger partial charge < -0.3 is 5.32 Å². The lowest BCUT2D eigenvalue weighted by atomic mass is 10.2. The molecule has 66 valence electrons. The lowest BCUT2D eigenvalue weighted by molar-refractivity contribution is 0.630. The number of benzene rings is 1. The van der Waals surface area contributed by atoms with Crippen LogP contribution in [-0.4, -0.2) is 15.5 Å². The molecule has 0 amide bonds. The van der Waals surface area contributed by atoms with Crippen molar-refractivity contribution >= 4 is 17.3 Å². The van der Waals surface area contributed by atoms with E-state index in [2.05, 4.69) is 36.5 Å². The van der Waals surface area contributed by atoms with E-state index in [1.165, 1.54) is 11.3 Å². The maximum atomic E-state index is 8.29. The van der Waals surface area contributed by atoms with Gasteiger partial charge in [-0.25, -0.2) is 0 Å². The summed E-state index contributed by atoms with van der Waals surface area (Å²) in [5, 5.41) is 3.05. The van der Waals surface area contributed by atoms with Crippen LogP contribution in [0.5, 0.6) is 0 Å². The molecule has 4 heteroatoms. The summed E-state index contributed by atoms with van der Waals surface area (Å²) in [6.07, 6.45) is 0. The standard InChI is InChI=1S/C8H11N.O2S/c1-7-3-5-8(9-2)6-4-7;1-3-2/h3-6,9H,1-2H3;. The second-order valence-corrected chi connectivity index (χ2v) is 2.32. The molecule has 1 N–H and O–H groups in total. The van der Waals surface area contributed by atoms with Gasteiger partial charge in [0.2, 0.25) is 0 Å². The Morgan fingerprint density at radius 2 is 1.58 bits per heavy atom. The fraction of sp³-hybridized carbons (Fsp3) is 0.250. The quantitative estimate of drug-likeness (QED) is 0.718. The van der Waals surface area contributed by atoms with Crippen molar-refractivity contribution in [2.24, 2.45) is 0 Å². The third-order valence-corrected chi connectivity index (χ3v) is 1.34. The van der Waals surface area contributed by atoms with Crippen LogP contribution >= 0.6 is 0 Å². The predicted molar refractivity (Wildman–Crippen MR) is 49.6 cm³/mol. The first-order valence-electron chi connectivity index (χ1n) is 3.40. The van der Waals surface area contributed by atoms with Crippen molar-refractivity contribution in [1.29, 1.82) is 0 Å². The Kier molecular flexibility index (Phi) is 5.91. The van der Waals surface area contributed by atoms with Crippen LogP contribution in [0.1, 0.15) is 5.56 Å². The average Bonchev–Trinajstić information content (AvgIpc) is 2.07. The highest BCUT2D eigenvalue weighted by molar-refractivity contribution is 7.51. The second kappa shape index (κ2) is 6.54. The summed E-state index contributed by atoms with van der Waals surface area (Å²) in [5.74, 6) is 0. The molecule has 0 radical (unpaired) electrons. The number of anilines is 1. The molecule has 1 aromatic carbocycles. The van der Waals surface area contributed by atoms with Crippen molar-refractivity contribution in [3.63, 3.8) is 0 Å². The fourth-order valence-electron chi connectivity index (χ4n) is 0.720. The zero-order valence-electron chi connectivity index (χ0n) is 7.03. The molecule has 0 saturated carbocycles. The minimum absolute atomic E-state index is 0.750. The van der Waals surface area contributed by atoms with Crippen LogP contribution in [-0.2, 0) is 11.6 Å². The van der Waals surface area contributed by atoms with Crippen LogP contribution in [0.3, 0.4) is 0 Å². The molecular weight excluding hydrogens is 174 g/mol. The van der Waals surface area contributed by atoms with Gasteiger partial charge in [-0.05, 0) is 19.1 Å². The molecule has 0 aliphatic carbocycles. The zero-order valence-corrected chi connectivity index (χ0v) is 7.85. The first-order valence-corrected chi connectivity index (χ1v) is 4.07. The Bertz CT molecular complexity index is 252. The van der Waals surface area contributed by atoms with Gasteiger partial charge in [0, 0.05) is 12.7 Å². The summed E-state index contributed by atoms with van der Waals surface area (Å²) in [7, 11) is 1.92. The molecule has 0 aliphatic heterocycles. The van der Waals surface area contributed by atoms with Crippen molar-refractivity contribution in [3.8, 4) is 0 Å². The molecule has 12 heavy (non-hydrogen) atoms. The predicted octanol–water partition coefficient (Wildman–Crippen LogP) is 1.37. The monoisotopic (exact) mass is 185 g/mol. The molecule has 0 spiro atoms. The average molecular weight is 185 g/mol. The van der Waals surface area contributed by atoms with Crippen LogP contribution < -0.4 is 5.32 Å². The van der Waals surface area contributed by atoms with E-state index in [4.69, 9.17) is 8.42 Å². The fourth-order valence-corrected chi connectivity index (χ4v) is 0.720. The van der Waals surface area contributed by atoms with Gasteiger partial charge >= 0.3 is 11.6 Å². The van der Waals surface area contributed by atoms with Crippen LogP contribution in [0.25, 0.3) is 0 Å². The largest absolute Gasteiger partial charge is 0.388 e. The lowest BCUT2D eigenvalue weighted by Gasteiger charge is -1.97. The highest BCUT2D eigenvalue weighted by Gasteiger charge is 1.83. The van der Waals surface area contributed by atoms with E-state index in [9.17, 15) is 0 Å². The van der Waals surface area contributed by atoms with Crippen LogP contribution in [0.4, 0.5) is 5.69 Å². The van der Waals surface area contributed by atoms with E-state index in [0.29, 0.717) is 0 Å². The third-order valence-electron chi connectivity index (χ3n) is 1.34. The molecule has 1 aromatic rings. The first-order chi connectivity index (χ1) is 5.74. The minimum Gasteiger partial charge on any atom is -0.388 e. The maximum absolute atomic E-state index is 8.29. The topological polar surface area (TPSA) is 46.2 Å². The van der Waals surface area contributed by atoms with Crippen LogP contribution in [0, 0.1) is 6.92 Å². The highest BCUT2D eigenvalue weighted by atomic mass is 32.1. The van der Waals surface area contributed by atoms with Gasteiger partial charge in [0.1, 0.15) is 0 Å². The summed E-state index contributed by atoms with van der Waals surface area (Å²) in [6, 6.07) is 8.31. The third kappa shape index (κ3) is 4.62. The molecule has 0 bridgehead atoms. The van der Waals surface area contributed by atoms with E-state index in [1.54, 1.807) is 0 Å². The number of rotatable bonds is 1. The Labute approximate surface area is 75.4 Å². The summed E-state index contributed by atoms with van der Waals surface area (Å²) in [4.78, 5) is 0. The zero-order chi connectivity index (χ0) is 9.40. The highest BCUT2D eigenvalue weighted by Crippen LogP contribution is 2.06. The minimum atomic E-state index is -0.750. The number of hydrogen-bond donors (Lipinski definition) is 1. The molecule has 3 nitrogen and oxygen atoms in total. The Morgan fingerprint density at radius 3 is 1.92 bits per heavy atom. The molecule has 1 rings (SSSR count). The molecule has 0 fully saturated rings. The lowest BCUT2D eigenvalue weighted by Crippen LogP contribution is -1.85. The van der Waals surface area contributed by atoms with Crippen molar-refractivity contribution in [2.75, 3.05) is 12.4 Å². The Hall–Kier alpha value is -1.16. The summed E-state index contributed by atoms with van der Waals surface area (Å²) in [5.41, 5.74) is 2.47. The summed E-state index contributed by atoms with van der Waals surface area (Å²) >= 11 is -0.750. The van der Waals surface area contributed by atoms with Gasteiger partial charge in [-0.15, -0.1) is 0 Å². The van der Waals surface area contributed by atoms with E-state index >= 15 is 0 Å². The van der Waals surface area contributed by atoms with E-state index in [0.717, 1.165) is 0 Å². The smallest absolute Gasteiger partial charge is 0.335 e. The van der Waals surface area contributed by atoms with Crippen molar-refractivity contribution < 1.29 is 8.42 Å². The van der Waals surface area contributed by atoms with E-state index in [1.807, 2.05) is 7.05 Å². The van der Waals surface area contributed by atoms with Gasteiger partial charge in [-0.3, -0.25) is 0 Å². The molecule has 0 heterocycles. The summed E-state index contributed by atoms with van der Waals surface area (Å²) in [6.45, 7) is 2.08. The SMILES string of the molecule is CNc1ccc(C)cc1.O=S=O. The van der Waals surface area contributed by atoms with Crippen molar-refractivity contribution in [2.45, 2.75) is 6.92 Å². The van der Waals surface area contributed by atoms with Crippen molar-refractivity contribution in [1.82, 2.24) is 0 Å². The second-order valence-electron chi connectivity index (χ2n) is 2.18. The van der Waals surface area contributed by atoms with Gasteiger partial charge in [0.15, 0.2) is 0 Å². The number of aryl methyl sites for hydroxylation is 1. The van der Waals surface area contributed by atoms with Gasteiger partial charge in [0.05, 0.1) is 0 Å². The Morgan fingerprint density at radius 1 is 1.17 bits per heavy atom. The number of hydrogen-bond acceptors (Lipinski definition) is 3. The van der Waals surface area contributed by atoms with E-state index in [-0.39, 0.29) is 0 Å². The first kappa shape index (κ1) is 10.8. The molecular formula is C8H11NO2S. The van der Waals surface area contributed by atoms with Gasteiger partial charge in [-0.1, -0.05) is 17.7 Å². The van der Waals surface area contributed by atoms with E-state index < -0.39 is 11.6 Å². The Balaban J connectivity index is 0.000000354. The summed E-state index contributed by atoms with van der Waals surface area (Å²) < 4.78 is 16.6. The van der Waals surface area contributed by atoms with Gasteiger partial charge in [-0.2, -0.15) is 8.42 Å². The molecule has 0 saturated heterocycles. The molecule has 0 atom stereocenters. The molecule has 0 aromatic heterocycles.